The first-order valence-electron chi connectivity index (χ1n) is 6.63. The van der Waals surface area contributed by atoms with Crippen LogP contribution in [0.5, 0.6) is 0 Å². The van der Waals surface area contributed by atoms with Crippen LogP contribution in [0.25, 0.3) is 11.8 Å². The predicted molar refractivity (Wildman–Crippen MR) is 78.1 cm³/mol. The van der Waals surface area contributed by atoms with E-state index in [1.807, 2.05) is 35.0 Å². The lowest BCUT2D eigenvalue weighted by molar-refractivity contribution is 0.595. The van der Waals surface area contributed by atoms with E-state index in [1.54, 1.807) is 6.20 Å². The highest BCUT2D eigenvalue weighted by Crippen LogP contribution is 2.10. The fraction of sp³-hybridized carbons (Fsp3) is 0.333. The van der Waals surface area contributed by atoms with Gasteiger partial charge in [0.2, 0.25) is 0 Å². The van der Waals surface area contributed by atoms with E-state index in [4.69, 9.17) is 0 Å². The molecule has 0 unspecified atom stereocenters. The highest BCUT2D eigenvalue weighted by molar-refractivity contribution is 5.47. The number of nitrogens with one attached hydrogen (secondary N) is 1. The Hall–Kier alpha value is -1.94. The lowest BCUT2D eigenvalue weighted by Crippen LogP contribution is -2.23. The van der Waals surface area contributed by atoms with Crippen molar-refractivity contribution in [3.05, 3.63) is 48.3 Å². The van der Waals surface area contributed by atoms with Crippen molar-refractivity contribution >= 4 is 6.08 Å². The Morgan fingerprint density at radius 1 is 1.26 bits per heavy atom. The summed E-state index contributed by atoms with van der Waals surface area (Å²) in [5.74, 6) is 0. The Morgan fingerprint density at radius 2 is 2.05 bits per heavy atom. The van der Waals surface area contributed by atoms with Crippen LogP contribution in [0.2, 0.25) is 0 Å². The van der Waals surface area contributed by atoms with Crippen molar-refractivity contribution in [3.63, 3.8) is 0 Å². The molecule has 100 valence electrons. The molecule has 0 fully saturated rings. The van der Waals surface area contributed by atoms with Crippen LogP contribution < -0.4 is 5.32 Å². The van der Waals surface area contributed by atoms with Gasteiger partial charge >= 0.3 is 0 Å². The van der Waals surface area contributed by atoms with Gasteiger partial charge in [0.15, 0.2) is 0 Å². The van der Waals surface area contributed by atoms with E-state index in [9.17, 15) is 0 Å². The predicted octanol–water partition coefficient (Wildman–Crippen LogP) is 2.67. The van der Waals surface area contributed by atoms with Crippen LogP contribution in [0, 0.1) is 0 Å². The van der Waals surface area contributed by atoms with Crippen LogP contribution >= 0.6 is 0 Å². The first kappa shape index (κ1) is 13.5. The zero-order chi connectivity index (χ0) is 13.5. The van der Waals surface area contributed by atoms with Crippen molar-refractivity contribution in [3.8, 4) is 5.69 Å². The van der Waals surface area contributed by atoms with Crippen LogP contribution in [0.3, 0.4) is 0 Å². The Bertz CT molecular complexity index is 514. The van der Waals surface area contributed by atoms with Gasteiger partial charge in [0.1, 0.15) is 0 Å². The number of aromatic nitrogens is 3. The van der Waals surface area contributed by atoms with E-state index in [0.717, 1.165) is 24.3 Å². The van der Waals surface area contributed by atoms with Gasteiger partial charge in [-0.3, -0.25) is 0 Å². The maximum atomic E-state index is 4.11. The van der Waals surface area contributed by atoms with E-state index in [1.165, 1.54) is 0 Å². The van der Waals surface area contributed by atoms with Crippen molar-refractivity contribution in [1.29, 1.82) is 0 Å². The summed E-state index contributed by atoms with van der Waals surface area (Å²) in [6.45, 7) is 5.29. The molecule has 0 radical (unpaired) electrons. The molecule has 1 aromatic heterocycles. The van der Waals surface area contributed by atoms with Gasteiger partial charge in [-0.05, 0) is 31.2 Å². The SMILES string of the molecule is CC(C)NCC/C=C/c1cnnn1-c1ccccc1. The summed E-state index contributed by atoms with van der Waals surface area (Å²) in [6, 6.07) is 10.6. The normalized spacial score (nSPS) is 11.5. The molecule has 4 nitrogen and oxygen atoms in total. The van der Waals surface area contributed by atoms with Crippen LogP contribution in [-0.2, 0) is 0 Å². The fourth-order valence-corrected chi connectivity index (χ4v) is 1.79. The highest BCUT2D eigenvalue weighted by atomic mass is 15.4. The minimum Gasteiger partial charge on any atom is -0.314 e. The Morgan fingerprint density at radius 3 is 2.79 bits per heavy atom. The summed E-state index contributed by atoms with van der Waals surface area (Å²) in [7, 11) is 0. The molecule has 4 heteroatoms. The molecule has 2 rings (SSSR count). The van der Waals surface area contributed by atoms with Crippen LogP contribution in [-0.4, -0.2) is 27.6 Å². The maximum absolute atomic E-state index is 4.11. The molecule has 0 saturated heterocycles. The molecule has 0 amide bonds. The Balaban J connectivity index is 1.99. The number of para-hydroxylation sites is 1. The third-order valence-electron chi connectivity index (χ3n) is 2.73. The fourth-order valence-electron chi connectivity index (χ4n) is 1.79. The second-order valence-corrected chi connectivity index (χ2v) is 4.71. The van der Waals surface area contributed by atoms with E-state index >= 15 is 0 Å². The first-order chi connectivity index (χ1) is 9.27. The first-order valence-corrected chi connectivity index (χ1v) is 6.63. The Labute approximate surface area is 114 Å². The Kier molecular flexibility index (Phi) is 4.86. The van der Waals surface area contributed by atoms with Gasteiger partial charge in [0.25, 0.3) is 0 Å². The van der Waals surface area contributed by atoms with Crippen molar-refractivity contribution in [2.24, 2.45) is 0 Å². The van der Waals surface area contributed by atoms with Gasteiger partial charge in [-0.15, -0.1) is 5.10 Å². The summed E-state index contributed by atoms with van der Waals surface area (Å²) >= 11 is 0. The molecule has 1 N–H and O–H groups in total. The lowest BCUT2D eigenvalue weighted by atomic mass is 10.3. The van der Waals surface area contributed by atoms with E-state index < -0.39 is 0 Å². The highest BCUT2D eigenvalue weighted by Gasteiger charge is 2.01. The van der Waals surface area contributed by atoms with E-state index in [-0.39, 0.29) is 0 Å². The summed E-state index contributed by atoms with van der Waals surface area (Å²) < 4.78 is 1.84. The molecule has 0 bridgehead atoms. The minimum absolute atomic E-state index is 0.532. The van der Waals surface area contributed by atoms with Gasteiger partial charge in [0, 0.05) is 6.04 Å². The van der Waals surface area contributed by atoms with E-state index in [0.29, 0.717) is 6.04 Å². The zero-order valence-corrected chi connectivity index (χ0v) is 11.5. The molecule has 0 aliphatic heterocycles. The second-order valence-electron chi connectivity index (χ2n) is 4.71. The average Bonchev–Trinajstić information content (AvgIpc) is 2.87. The molecule has 0 atom stereocenters. The van der Waals surface area contributed by atoms with Gasteiger partial charge in [-0.1, -0.05) is 43.3 Å². The van der Waals surface area contributed by atoms with Crippen molar-refractivity contribution in [2.45, 2.75) is 26.3 Å². The number of benzene rings is 1. The standard InChI is InChI=1S/C15H20N4/c1-13(2)16-11-7-6-10-15-12-17-18-19(15)14-8-4-3-5-9-14/h3-6,8-10,12-13,16H,7,11H2,1-2H3/b10-6+. The maximum Gasteiger partial charge on any atom is 0.0868 e. The largest absolute Gasteiger partial charge is 0.314 e. The number of hydrogen-bond acceptors (Lipinski definition) is 3. The molecule has 0 aliphatic rings. The number of hydrogen-bond donors (Lipinski definition) is 1. The summed E-state index contributed by atoms with van der Waals surface area (Å²) in [5, 5.41) is 11.5. The van der Waals surface area contributed by atoms with Crippen LogP contribution in [0.1, 0.15) is 26.0 Å². The van der Waals surface area contributed by atoms with Gasteiger partial charge in [0.05, 0.1) is 17.6 Å². The quantitative estimate of drug-likeness (QED) is 0.808. The third-order valence-corrected chi connectivity index (χ3v) is 2.73. The molecule has 0 saturated carbocycles. The molecule has 19 heavy (non-hydrogen) atoms. The summed E-state index contributed by atoms with van der Waals surface area (Å²) in [6.07, 6.45) is 6.99. The molecule has 2 aromatic rings. The molecular formula is C15H20N4. The third kappa shape index (κ3) is 4.03. The molecule has 0 aliphatic carbocycles. The second kappa shape index (κ2) is 6.85. The van der Waals surface area contributed by atoms with Gasteiger partial charge in [-0.2, -0.15) is 0 Å². The number of rotatable bonds is 6. The zero-order valence-electron chi connectivity index (χ0n) is 11.5. The van der Waals surface area contributed by atoms with Crippen LogP contribution in [0.4, 0.5) is 0 Å². The smallest absolute Gasteiger partial charge is 0.0868 e. The van der Waals surface area contributed by atoms with Crippen molar-refractivity contribution in [2.75, 3.05) is 6.54 Å². The van der Waals surface area contributed by atoms with Crippen molar-refractivity contribution < 1.29 is 0 Å². The monoisotopic (exact) mass is 256 g/mol. The van der Waals surface area contributed by atoms with Gasteiger partial charge < -0.3 is 5.32 Å². The molecule has 0 spiro atoms. The summed E-state index contributed by atoms with van der Waals surface area (Å²) in [4.78, 5) is 0. The molecular weight excluding hydrogens is 236 g/mol. The summed E-state index contributed by atoms with van der Waals surface area (Å²) in [5.41, 5.74) is 2.02. The lowest BCUT2D eigenvalue weighted by Gasteiger charge is -2.05. The average molecular weight is 256 g/mol. The molecule has 1 heterocycles. The van der Waals surface area contributed by atoms with Crippen molar-refractivity contribution in [1.82, 2.24) is 20.3 Å². The van der Waals surface area contributed by atoms with Gasteiger partial charge in [-0.25, -0.2) is 4.68 Å². The van der Waals surface area contributed by atoms with Crippen LogP contribution in [0.15, 0.2) is 42.6 Å². The topological polar surface area (TPSA) is 42.7 Å². The van der Waals surface area contributed by atoms with E-state index in [2.05, 4.69) is 41.6 Å². The minimum atomic E-state index is 0.532. The number of nitrogens with zero attached hydrogens (tertiary/aromatic N) is 3. The molecule has 1 aromatic carbocycles.